The zero-order chi connectivity index (χ0) is 22.0. The molecule has 1 saturated heterocycles. The van der Waals surface area contributed by atoms with Gasteiger partial charge in [-0.3, -0.25) is 19.8 Å². The highest BCUT2D eigenvalue weighted by molar-refractivity contribution is 7.80. The van der Waals surface area contributed by atoms with Gasteiger partial charge in [0, 0.05) is 24.2 Å². The number of ether oxygens (including phenoxy) is 1. The molecular formula is C21H20N3O5S-. The van der Waals surface area contributed by atoms with Crippen LogP contribution in [-0.2, 0) is 14.3 Å². The van der Waals surface area contributed by atoms with Gasteiger partial charge in [0.25, 0.3) is 11.8 Å². The maximum Gasteiger partial charge on any atom is 0.265 e. The lowest BCUT2D eigenvalue weighted by atomic mass is 10.1. The third-order valence-corrected chi connectivity index (χ3v) is 5.16. The largest absolute Gasteiger partial charge is 0.545 e. The number of thiocarbonyl (C=S) groups is 1. The number of aryl methyl sites for hydroxylation is 1. The number of methoxy groups -OCH3 is 1. The van der Waals surface area contributed by atoms with E-state index >= 15 is 0 Å². The average molecular weight is 426 g/mol. The lowest BCUT2D eigenvalue weighted by molar-refractivity contribution is -0.255. The van der Waals surface area contributed by atoms with Gasteiger partial charge in [-0.15, -0.1) is 0 Å². The molecule has 0 spiro atoms. The summed E-state index contributed by atoms with van der Waals surface area (Å²) in [5.74, 6) is -2.28. The molecular weight excluding hydrogens is 406 g/mol. The smallest absolute Gasteiger partial charge is 0.265 e. The third kappa shape index (κ3) is 4.03. The van der Waals surface area contributed by atoms with Gasteiger partial charge in [-0.25, -0.2) is 0 Å². The van der Waals surface area contributed by atoms with Crippen LogP contribution < -0.4 is 10.4 Å². The van der Waals surface area contributed by atoms with Gasteiger partial charge < -0.3 is 19.2 Å². The molecule has 156 valence electrons. The van der Waals surface area contributed by atoms with Crippen LogP contribution in [0, 0.1) is 13.8 Å². The van der Waals surface area contributed by atoms with E-state index in [1.807, 2.05) is 24.5 Å². The van der Waals surface area contributed by atoms with Crippen molar-refractivity contribution in [3.8, 4) is 5.69 Å². The van der Waals surface area contributed by atoms with E-state index in [1.54, 1.807) is 12.1 Å². The minimum absolute atomic E-state index is 0.0211. The summed E-state index contributed by atoms with van der Waals surface area (Å²) in [4.78, 5) is 37.5. The number of aromatic nitrogens is 1. The highest BCUT2D eigenvalue weighted by Gasteiger charge is 2.33. The van der Waals surface area contributed by atoms with E-state index in [1.165, 1.54) is 30.2 Å². The van der Waals surface area contributed by atoms with E-state index < -0.39 is 17.8 Å². The van der Waals surface area contributed by atoms with E-state index in [2.05, 4.69) is 5.32 Å². The molecule has 0 saturated carbocycles. The molecule has 0 aliphatic carbocycles. The van der Waals surface area contributed by atoms with Crippen molar-refractivity contribution in [2.24, 2.45) is 0 Å². The number of hydrogen-bond donors (Lipinski definition) is 1. The zero-order valence-electron chi connectivity index (χ0n) is 16.7. The minimum Gasteiger partial charge on any atom is -0.545 e. The van der Waals surface area contributed by atoms with Crippen molar-refractivity contribution >= 4 is 41.2 Å². The summed E-state index contributed by atoms with van der Waals surface area (Å²) in [7, 11) is 1.52. The van der Waals surface area contributed by atoms with Crippen LogP contribution in [0.15, 0.2) is 35.9 Å². The normalized spacial score (nSPS) is 15.6. The Hall–Kier alpha value is -3.30. The monoisotopic (exact) mass is 426 g/mol. The number of benzene rings is 1. The quantitative estimate of drug-likeness (QED) is 0.415. The van der Waals surface area contributed by atoms with Crippen LogP contribution in [0.1, 0.15) is 27.3 Å². The van der Waals surface area contributed by atoms with Crippen LogP contribution in [0.3, 0.4) is 0 Å². The Bertz CT molecular complexity index is 1070. The van der Waals surface area contributed by atoms with Crippen molar-refractivity contribution in [1.82, 2.24) is 14.8 Å². The average Bonchev–Trinajstić information content (AvgIpc) is 2.98. The van der Waals surface area contributed by atoms with Crippen molar-refractivity contribution in [3.63, 3.8) is 0 Å². The van der Waals surface area contributed by atoms with E-state index in [-0.39, 0.29) is 29.4 Å². The summed E-state index contributed by atoms with van der Waals surface area (Å²) in [5, 5.41) is 13.6. The Kier molecular flexibility index (Phi) is 6.14. The molecule has 0 bridgehead atoms. The van der Waals surface area contributed by atoms with E-state index in [9.17, 15) is 19.5 Å². The number of carboxylic acid groups (broad SMARTS) is 1. The van der Waals surface area contributed by atoms with Gasteiger partial charge in [0.05, 0.1) is 19.1 Å². The van der Waals surface area contributed by atoms with Crippen LogP contribution in [0.25, 0.3) is 11.8 Å². The molecule has 2 amide bonds. The second-order valence-corrected chi connectivity index (χ2v) is 7.15. The second kappa shape index (κ2) is 8.60. The highest BCUT2D eigenvalue weighted by atomic mass is 32.1. The number of aromatic carboxylic acids is 1. The fourth-order valence-corrected chi connectivity index (χ4v) is 3.58. The highest BCUT2D eigenvalue weighted by Crippen LogP contribution is 2.24. The first-order valence-electron chi connectivity index (χ1n) is 9.13. The third-order valence-electron chi connectivity index (χ3n) is 4.84. The Morgan fingerprint density at radius 3 is 2.50 bits per heavy atom. The number of nitrogens with zero attached hydrogens (tertiary/aromatic N) is 2. The molecule has 0 atom stereocenters. The Morgan fingerprint density at radius 2 is 1.90 bits per heavy atom. The molecule has 1 aromatic heterocycles. The first-order valence-corrected chi connectivity index (χ1v) is 9.54. The van der Waals surface area contributed by atoms with Gasteiger partial charge in [0.1, 0.15) is 5.57 Å². The summed E-state index contributed by atoms with van der Waals surface area (Å²) >= 11 is 5.10. The lowest BCUT2D eigenvalue weighted by Crippen LogP contribution is -2.54. The number of carboxylic acids is 1. The number of nitrogens with one attached hydrogen (secondary N) is 1. The van der Waals surface area contributed by atoms with E-state index in [4.69, 9.17) is 17.0 Å². The number of hydrogen-bond acceptors (Lipinski definition) is 6. The molecule has 2 aromatic rings. The number of rotatable bonds is 6. The summed E-state index contributed by atoms with van der Waals surface area (Å²) in [6.45, 7) is 4.25. The fourth-order valence-electron chi connectivity index (χ4n) is 3.31. The number of amides is 2. The summed E-state index contributed by atoms with van der Waals surface area (Å²) < 4.78 is 6.91. The molecule has 9 heteroatoms. The van der Waals surface area contributed by atoms with Gasteiger partial charge in [0.15, 0.2) is 5.11 Å². The van der Waals surface area contributed by atoms with Crippen molar-refractivity contribution in [1.29, 1.82) is 0 Å². The molecule has 1 fully saturated rings. The molecule has 1 N–H and O–H groups in total. The topological polar surface area (TPSA) is 104 Å². The summed E-state index contributed by atoms with van der Waals surface area (Å²) in [6.07, 6.45) is 1.54. The van der Waals surface area contributed by atoms with E-state index in [0.717, 1.165) is 17.1 Å². The Morgan fingerprint density at radius 1 is 1.23 bits per heavy atom. The van der Waals surface area contributed by atoms with Gasteiger partial charge in [-0.1, -0.05) is 12.1 Å². The van der Waals surface area contributed by atoms with Gasteiger partial charge in [-0.05, 0) is 61.5 Å². The Labute approximate surface area is 178 Å². The van der Waals surface area contributed by atoms with E-state index in [0.29, 0.717) is 5.56 Å². The summed E-state index contributed by atoms with van der Waals surface area (Å²) in [6, 6.07) is 8.13. The zero-order valence-corrected chi connectivity index (χ0v) is 17.5. The van der Waals surface area contributed by atoms with Gasteiger partial charge in [0.2, 0.25) is 0 Å². The lowest BCUT2D eigenvalue weighted by Gasteiger charge is -2.28. The SMILES string of the molecule is COCCN1C(=O)/C(=C/c2cc(C)n(-c3ccc(C(=O)[O-])cc3)c2C)C(=O)NC1=S. The van der Waals surface area contributed by atoms with Gasteiger partial charge >= 0.3 is 0 Å². The van der Waals surface area contributed by atoms with Crippen molar-refractivity contribution < 1.29 is 24.2 Å². The maximum absolute atomic E-state index is 12.8. The molecule has 3 rings (SSSR count). The van der Waals surface area contributed by atoms with Crippen molar-refractivity contribution in [3.05, 3.63) is 58.4 Å². The van der Waals surface area contributed by atoms with Crippen molar-refractivity contribution in [2.45, 2.75) is 13.8 Å². The molecule has 1 aliphatic heterocycles. The summed E-state index contributed by atoms with van der Waals surface area (Å²) in [5.41, 5.74) is 3.15. The predicted octanol–water partition coefficient (Wildman–Crippen LogP) is 0.731. The molecule has 1 aromatic carbocycles. The van der Waals surface area contributed by atoms with Crippen LogP contribution in [0.2, 0.25) is 0 Å². The molecule has 1 aliphatic rings. The first-order chi connectivity index (χ1) is 14.2. The number of carbonyl (C=O) groups excluding carboxylic acids is 3. The molecule has 0 unspecified atom stereocenters. The molecule has 0 radical (unpaired) electrons. The second-order valence-electron chi connectivity index (χ2n) is 6.76. The fraction of sp³-hybridized carbons (Fsp3) is 0.238. The maximum atomic E-state index is 12.8. The molecule has 8 nitrogen and oxygen atoms in total. The standard InChI is InChI=1S/C21H21N3O5S/c1-12-10-15(13(2)24(12)16-6-4-14(5-7-16)20(27)28)11-17-18(25)22-21(30)23(19(17)26)8-9-29-3/h4-7,10-11H,8-9H2,1-3H3,(H,27,28)(H,22,25,30)/p-1/b17-11+. The predicted molar refractivity (Wildman–Crippen MR) is 112 cm³/mol. The minimum atomic E-state index is -1.24. The molecule has 2 heterocycles. The first kappa shape index (κ1) is 21.4. The Balaban J connectivity index is 1.98. The van der Waals surface area contributed by atoms with Crippen LogP contribution in [0.5, 0.6) is 0 Å². The molecule has 30 heavy (non-hydrogen) atoms. The van der Waals surface area contributed by atoms with Crippen molar-refractivity contribution in [2.75, 3.05) is 20.3 Å². The number of carbonyl (C=O) groups is 3. The van der Waals surface area contributed by atoms with Gasteiger partial charge in [-0.2, -0.15) is 0 Å². The van der Waals surface area contributed by atoms with Crippen LogP contribution in [-0.4, -0.2) is 52.6 Å². The van der Waals surface area contributed by atoms with Crippen LogP contribution in [0.4, 0.5) is 0 Å². The van der Waals surface area contributed by atoms with Crippen LogP contribution >= 0.6 is 12.2 Å².